The summed E-state index contributed by atoms with van der Waals surface area (Å²) < 4.78 is 5.22. The topological polar surface area (TPSA) is 26.3 Å². The number of rotatable bonds is 4. The molecule has 0 saturated heterocycles. The highest BCUT2D eigenvalue weighted by atomic mass is 16.5. The normalized spacial score (nSPS) is 14.1. The average molecular weight is 172 g/mol. The Hall–Kier alpha value is -0.530. The molecule has 0 aliphatic carbocycles. The molecule has 0 aromatic carbocycles. The van der Waals surface area contributed by atoms with E-state index in [-0.39, 0.29) is 17.5 Å². The van der Waals surface area contributed by atoms with Crippen LogP contribution in [0.2, 0.25) is 0 Å². The molecule has 0 aromatic rings. The largest absolute Gasteiger partial charge is 0.462 e. The molecule has 0 unspecified atom stereocenters. The Kier molecular flexibility index (Phi) is 4.29. The minimum Gasteiger partial charge on any atom is -0.462 e. The zero-order valence-corrected chi connectivity index (χ0v) is 8.81. The van der Waals surface area contributed by atoms with Crippen LogP contribution in [0, 0.1) is 5.41 Å². The number of carbonyl (C=O) groups excluding carboxylic acids is 1. The van der Waals surface area contributed by atoms with Gasteiger partial charge in [-0.15, -0.1) is 0 Å². The highest BCUT2D eigenvalue weighted by molar-refractivity contribution is 5.75. The van der Waals surface area contributed by atoms with E-state index in [1.165, 1.54) is 0 Å². The highest BCUT2D eigenvalue weighted by Crippen LogP contribution is 2.22. The molecular formula is C10H20O2. The van der Waals surface area contributed by atoms with Crippen LogP contribution in [-0.4, -0.2) is 12.1 Å². The Balaban J connectivity index is 4.03. The van der Waals surface area contributed by atoms with Crippen molar-refractivity contribution in [1.82, 2.24) is 0 Å². The molecule has 2 nitrogen and oxygen atoms in total. The van der Waals surface area contributed by atoms with E-state index in [2.05, 4.69) is 0 Å². The van der Waals surface area contributed by atoms with Crippen molar-refractivity contribution < 1.29 is 9.53 Å². The van der Waals surface area contributed by atoms with Crippen LogP contribution in [0.4, 0.5) is 0 Å². The van der Waals surface area contributed by atoms with Gasteiger partial charge in [0.15, 0.2) is 0 Å². The lowest BCUT2D eigenvalue weighted by atomic mass is 9.90. The Morgan fingerprint density at radius 1 is 1.42 bits per heavy atom. The Morgan fingerprint density at radius 2 is 1.92 bits per heavy atom. The molecule has 0 N–H and O–H groups in total. The van der Waals surface area contributed by atoms with Gasteiger partial charge in [0.2, 0.25) is 0 Å². The first-order chi connectivity index (χ1) is 5.44. The fourth-order valence-electron chi connectivity index (χ4n) is 0.570. The molecular weight excluding hydrogens is 152 g/mol. The monoisotopic (exact) mass is 172 g/mol. The number of carbonyl (C=O) groups is 1. The predicted octanol–water partition coefficient (Wildman–Crippen LogP) is 2.76. The molecule has 0 saturated carbocycles. The maximum atomic E-state index is 11.4. The van der Waals surface area contributed by atoms with Gasteiger partial charge in [-0.1, -0.05) is 13.8 Å². The maximum absolute atomic E-state index is 11.4. The van der Waals surface area contributed by atoms with Gasteiger partial charge in [-0.25, -0.2) is 0 Å². The smallest absolute Gasteiger partial charge is 0.311 e. The fourth-order valence-corrected chi connectivity index (χ4v) is 0.570. The summed E-state index contributed by atoms with van der Waals surface area (Å²) in [5, 5.41) is 0. The van der Waals surface area contributed by atoms with E-state index in [9.17, 15) is 4.79 Å². The molecule has 12 heavy (non-hydrogen) atoms. The summed E-state index contributed by atoms with van der Waals surface area (Å²) in [7, 11) is 0. The van der Waals surface area contributed by atoms with Crippen molar-refractivity contribution in [3.63, 3.8) is 0 Å². The number of hydrogen-bond donors (Lipinski definition) is 0. The summed E-state index contributed by atoms with van der Waals surface area (Å²) in [6, 6.07) is 0. The van der Waals surface area contributed by atoms with Gasteiger partial charge in [-0.2, -0.15) is 0 Å². The first-order valence-corrected chi connectivity index (χ1v) is 4.65. The summed E-state index contributed by atoms with van der Waals surface area (Å²) in [5.41, 5.74) is -0.330. The van der Waals surface area contributed by atoms with Crippen LogP contribution >= 0.6 is 0 Å². The van der Waals surface area contributed by atoms with E-state index in [1.807, 2.05) is 34.6 Å². The lowest BCUT2D eigenvalue weighted by Crippen LogP contribution is -2.28. The SMILES string of the molecule is CC[C@H](C)OC(=O)C(C)(C)CC. The number of ether oxygens (including phenoxy) is 1. The van der Waals surface area contributed by atoms with Gasteiger partial charge in [0.1, 0.15) is 0 Å². The van der Waals surface area contributed by atoms with Gasteiger partial charge < -0.3 is 4.74 Å². The van der Waals surface area contributed by atoms with Crippen LogP contribution in [0.25, 0.3) is 0 Å². The summed E-state index contributed by atoms with van der Waals surface area (Å²) >= 11 is 0. The average Bonchev–Trinajstić information content (AvgIpc) is 2.04. The van der Waals surface area contributed by atoms with Crippen LogP contribution in [0.15, 0.2) is 0 Å². The van der Waals surface area contributed by atoms with E-state index in [0.29, 0.717) is 0 Å². The zero-order valence-electron chi connectivity index (χ0n) is 8.81. The van der Waals surface area contributed by atoms with Gasteiger partial charge in [0, 0.05) is 0 Å². The fraction of sp³-hybridized carbons (Fsp3) is 0.900. The summed E-state index contributed by atoms with van der Waals surface area (Å²) in [4.78, 5) is 11.4. The zero-order chi connectivity index (χ0) is 9.78. The molecule has 0 aliphatic rings. The molecule has 0 bridgehead atoms. The van der Waals surface area contributed by atoms with Crippen LogP contribution in [0.3, 0.4) is 0 Å². The summed E-state index contributed by atoms with van der Waals surface area (Å²) in [6.45, 7) is 9.76. The third kappa shape index (κ3) is 3.24. The van der Waals surface area contributed by atoms with Crippen molar-refractivity contribution >= 4 is 5.97 Å². The first-order valence-electron chi connectivity index (χ1n) is 4.65. The van der Waals surface area contributed by atoms with E-state index in [1.54, 1.807) is 0 Å². The van der Waals surface area contributed by atoms with Crippen molar-refractivity contribution in [3.8, 4) is 0 Å². The lowest BCUT2D eigenvalue weighted by molar-refractivity contribution is -0.159. The van der Waals surface area contributed by atoms with Crippen molar-refractivity contribution in [1.29, 1.82) is 0 Å². The highest BCUT2D eigenvalue weighted by Gasteiger charge is 2.27. The predicted molar refractivity (Wildman–Crippen MR) is 49.9 cm³/mol. The number of hydrogen-bond acceptors (Lipinski definition) is 2. The van der Waals surface area contributed by atoms with E-state index < -0.39 is 0 Å². The molecule has 0 aromatic heterocycles. The molecule has 0 heterocycles. The quantitative estimate of drug-likeness (QED) is 0.609. The minimum atomic E-state index is -0.330. The standard InChI is InChI=1S/C10H20O2/c1-6-8(3)12-9(11)10(4,5)7-2/h8H,6-7H2,1-5H3/t8-/m0/s1. The van der Waals surface area contributed by atoms with Crippen molar-refractivity contribution in [3.05, 3.63) is 0 Å². The molecule has 0 radical (unpaired) electrons. The Labute approximate surface area is 75.3 Å². The molecule has 0 spiro atoms. The molecule has 0 fully saturated rings. The van der Waals surface area contributed by atoms with Crippen molar-refractivity contribution in [2.45, 2.75) is 53.6 Å². The van der Waals surface area contributed by atoms with E-state index >= 15 is 0 Å². The second-order valence-corrected chi connectivity index (χ2v) is 3.86. The van der Waals surface area contributed by atoms with Crippen molar-refractivity contribution in [2.75, 3.05) is 0 Å². The molecule has 0 aliphatic heterocycles. The second-order valence-electron chi connectivity index (χ2n) is 3.86. The van der Waals surface area contributed by atoms with Crippen LogP contribution in [0.1, 0.15) is 47.5 Å². The first kappa shape index (κ1) is 11.5. The lowest BCUT2D eigenvalue weighted by Gasteiger charge is -2.22. The van der Waals surface area contributed by atoms with Crippen LogP contribution in [-0.2, 0) is 9.53 Å². The van der Waals surface area contributed by atoms with E-state index in [4.69, 9.17) is 4.74 Å². The molecule has 72 valence electrons. The third-order valence-corrected chi connectivity index (χ3v) is 2.32. The Bertz CT molecular complexity index is 150. The van der Waals surface area contributed by atoms with Crippen LogP contribution < -0.4 is 0 Å². The molecule has 0 amide bonds. The van der Waals surface area contributed by atoms with Gasteiger partial charge >= 0.3 is 5.97 Å². The summed E-state index contributed by atoms with van der Waals surface area (Å²) in [5.74, 6) is -0.0839. The van der Waals surface area contributed by atoms with Gasteiger partial charge in [-0.3, -0.25) is 4.79 Å². The molecule has 1 atom stereocenters. The second kappa shape index (κ2) is 4.48. The van der Waals surface area contributed by atoms with Gasteiger partial charge in [0.25, 0.3) is 0 Å². The van der Waals surface area contributed by atoms with Crippen molar-refractivity contribution in [2.24, 2.45) is 5.41 Å². The minimum absolute atomic E-state index is 0.0447. The molecule has 0 rings (SSSR count). The van der Waals surface area contributed by atoms with Gasteiger partial charge in [-0.05, 0) is 33.6 Å². The summed E-state index contributed by atoms with van der Waals surface area (Å²) in [6.07, 6.45) is 1.75. The van der Waals surface area contributed by atoms with Crippen LogP contribution in [0.5, 0.6) is 0 Å². The molecule has 2 heteroatoms. The number of esters is 1. The van der Waals surface area contributed by atoms with Gasteiger partial charge in [0.05, 0.1) is 11.5 Å². The maximum Gasteiger partial charge on any atom is 0.311 e. The third-order valence-electron chi connectivity index (χ3n) is 2.32. The Morgan fingerprint density at radius 3 is 2.25 bits per heavy atom. The van der Waals surface area contributed by atoms with E-state index in [0.717, 1.165) is 12.8 Å².